The van der Waals surface area contributed by atoms with Gasteiger partial charge in [0.05, 0.1) is 7.11 Å². The molecule has 8 heteroatoms. The van der Waals surface area contributed by atoms with E-state index >= 15 is 0 Å². The Bertz CT molecular complexity index is 657. The van der Waals surface area contributed by atoms with E-state index in [1.807, 2.05) is 0 Å². The predicted octanol–water partition coefficient (Wildman–Crippen LogP) is 0.598. The van der Waals surface area contributed by atoms with Crippen LogP contribution in [0, 0.1) is 0 Å². The first-order valence-electron chi connectivity index (χ1n) is 7.66. The molecular weight excluding hydrogens is 328 g/mol. The minimum absolute atomic E-state index is 0.0138. The molecule has 0 aliphatic carbocycles. The lowest BCUT2D eigenvalue weighted by Gasteiger charge is -2.12. The molecule has 0 fully saturated rings. The maximum absolute atomic E-state index is 11.6. The van der Waals surface area contributed by atoms with Crippen molar-refractivity contribution >= 4 is 23.9 Å². The molecule has 0 saturated carbocycles. The van der Waals surface area contributed by atoms with E-state index in [-0.39, 0.29) is 17.4 Å². The minimum Gasteiger partial charge on any atom is -0.504 e. The normalized spacial score (nSPS) is 11.6. The van der Waals surface area contributed by atoms with Gasteiger partial charge in [0.25, 0.3) is 5.91 Å². The van der Waals surface area contributed by atoms with E-state index in [1.165, 1.54) is 26.2 Å². The van der Waals surface area contributed by atoms with Crippen molar-refractivity contribution < 1.29 is 29.0 Å². The van der Waals surface area contributed by atoms with E-state index in [1.54, 1.807) is 19.1 Å². The number of rotatable bonds is 8. The first kappa shape index (κ1) is 20.0. The number of hydrogen-bond donors (Lipinski definition) is 3. The van der Waals surface area contributed by atoms with E-state index in [9.17, 15) is 19.5 Å². The highest BCUT2D eigenvalue weighted by Gasteiger charge is 2.15. The molecule has 0 aliphatic rings. The van der Waals surface area contributed by atoms with E-state index in [0.717, 1.165) is 6.08 Å². The topological polar surface area (TPSA) is 114 Å². The Kier molecular flexibility index (Phi) is 7.98. The van der Waals surface area contributed by atoms with Crippen molar-refractivity contribution in [3.63, 3.8) is 0 Å². The number of phenols is 1. The molecule has 0 unspecified atom stereocenters. The Morgan fingerprint density at radius 2 is 2.04 bits per heavy atom. The van der Waals surface area contributed by atoms with Gasteiger partial charge in [-0.25, -0.2) is 4.79 Å². The number of esters is 1. The number of amides is 2. The molecule has 0 spiro atoms. The van der Waals surface area contributed by atoms with Crippen molar-refractivity contribution in [1.29, 1.82) is 0 Å². The van der Waals surface area contributed by atoms with Gasteiger partial charge < -0.3 is 25.2 Å². The van der Waals surface area contributed by atoms with E-state index < -0.39 is 24.5 Å². The predicted molar refractivity (Wildman–Crippen MR) is 90.9 cm³/mol. The molecule has 25 heavy (non-hydrogen) atoms. The summed E-state index contributed by atoms with van der Waals surface area (Å²) in [5.74, 6) is -1.35. The SMILES string of the molecule is CCNC(=O)[C@@H](C)NC(=O)COC(=O)/C=C/c1ccc(O)c(OC)c1. The average molecular weight is 350 g/mol. The third-order valence-electron chi connectivity index (χ3n) is 3.08. The monoisotopic (exact) mass is 350 g/mol. The van der Waals surface area contributed by atoms with Crippen LogP contribution in [0.1, 0.15) is 19.4 Å². The minimum atomic E-state index is -0.717. The summed E-state index contributed by atoms with van der Waals surface area (Å²) in [7, 11) is 1.41. The molecule has 1 aromatic rings. The fourth-order valence-corrected chi connectivity index (χ4v) is 1.82. The fraction of sp³-hybridized carbons (Fsp3) is 0.353. The van der Waals surface area contributed by atoms with Gasteiger partial charge in [0.1, 0.15) is 6.04 Å². The zero-order chi connectivity index (χ0) is 18.8. The first-order chi connectivity index (χ1) is 11.9. The molecule has 3 N–H and O–H groups in total. The zero-order valence-corrected chi connectivity index (χ0v) is 14.4. The molecule has 0 bridgehead atoms. The smallest absolute Gasteiger partial charge is 0.331 e. The largest absolute Gasteiger partial charge is 0.504 e. The van der Waals surface area contributed by atoms with Gasteiger partial charge in [0.2, 0.25) is 5.91 Å². The van der Waals surface area contributed by atoms with Gasteiger partial charge in [-0.05, 0) is 37.6 Å². The van der Waals surface area contributed by atoms with Crippen molar-refractivity contribution in [3.05, 3.63) is 29.8 Å². The van der Waals surface area contributed by atoms with Crippen LogP contribution in [0.5, 0.6) is 11.5 Å². The van der Waals surface area contributed by atoms with Crippen LogP contribution < -0.4 is 15.4 Å². The standard InChI is InChI=1S/C17H22N2O6/c1-4-18-17(23)11(2)19-15(21)10-25-16(22)8-6-12-5-7-13(20)14(9-12)24-3/h5-9,11,20H,4,10H2,1-3H3,(H,18,23)(H,19,21)/b8-6+/t11-/m1/s1. The van der Waals surface area contributed by atoms with E-state index in [0.29, 0.717) is 12.1 Å². The number of carbonyl (C=O) groups excluding carboxylic acids is 3. The molecule has 0 aliphatic heterocycles. The lowest BCUT2D eigenvalue weighted by molar-refractivity contribution is -0.144. The van der Waals surface area contributed by atoms with Crippen molar-refractivity contribution in [2.75, 3.05) is 20.3 Å². The molecular formula is C17H22N2O6. The molecule has 2 amide bonds. The summed E-state index contributed by atoms with van der Waals surface area (Å²) in [6.45, 7) is 3.26. The number of nitrogens with one attached hydrogen (secondary N) is 2. The third-order valence-corrected chi connectivity index (χ3v) is 3.08. The lowest BCUT2D eigenvalue weighted by Crippen LogP contribution is -2.46. The Morgan fingerprint density at radius 3 is 2.68 bits per heavy atom. The molecule has 1 rings (SSSR count). The number of phenolic OH excluding ortho intramolecular Hbond substituents is 1. The Morgan fingerprint density at radius 1 is 1.32 bits per heavy atom. The summed E-state index contributed by atoms with van der Waals surface area (Å²) in [6.07, 6.45) is 2.60. The van der Waals surface area contributed by atoms with Gasteiger partial charge in [0.15, 0.2) is 18.1 Å². The van der Waals surface area contributed by atoms with Crippen LogP contribution >= 0.6 is 0 Å². The Hall–Kier alpha value is -3.03. The highest BCUT2D eigenvalue weighted by Crippen LogP contribution is 2.26. The van der Waals surface area contributed by atoms with Crippen molar-refractivity contribution in [1.82, 2.24) is 10.6 Å². The number of likely N-dealkylation sites (N-methyl/N-ethyl adjacent to an activating group) is 1. The summed E-state index contributed by atoms with van der Waals surface area (Å²) < 4.78 is 9.76. The van der Waals surface area contributed by atoms with Crippen LogP contribution in [0.2, 0.25) is 0 Å². The maximum atomic E-state index is 11.6. The van der Waals surface area contributed by atoms with E-state index in [4.69, 9.17) is 9.47 Å². The molecule has 1 aromatic carbocycles. The van der Waals surface area contributed by atoms with E-state index in [2.05, 4.69) is 10.6 Å². The third kappa shape index (κ3) is 6.94. The number of carbonyl (C=O) groups is 3. The van der Waals surface area contributed by atoms with Crippen LogP contribution in [-0.2, 0) is 19.1 Å². The van der Waals surface area contributed by atoms with Gasteiger partial charge in [-0.3, -0.25) is 9.59 Å². The quantitative estimate of drug-likeness (QED) is 0.467. The van der Waals surface area contributed by atoms with Gasteiger partial charge in [-0.1, -0.05) is 6.07 Å². The van der Waals surface area contributed by atoms with Gasteiger partial charge in [0, 0.05) is 12.6 Å². The van der Waals surface area contributed by atoms with Gasteiger partial charge >= 0.3 is 5.97 Å². The fourth-order valence-electron chi connectivity index (χ4n) is 1.82. The highest BCUT2D eigenvalue weighted by atomic mass is 16.5. The summed E-state index contributed by atoms with van der Waals surface area (Å²) >= 11 is 0. The maximum Gasteiger partial charge on any atom is 0.331 e. The van der Waals surface area contributed by atoms with Gasteiger partial charge in [-0.15, -0.1) is 0 Å². The molecule has 1 atom stereocenters. The number of aromatic hydroxyl groups is 1. The second-order valence-electron chi connectivity index (χ2n) is 5.06. The molecule has 0 saturated heterocycles. The van der Waals surface area contributed by atoms with Crippen LogP contribution in [0.3, 0.4) is 0 Å². The van der Waals surface area contributed by atoms with Crippen molar-refractivity contribution in [3.8, 4) is 11.5 Å². The number of hydrogen-bond acceptors (Lipinski definition) is 6. The summed E-state index contributed by atoms with van der Waals surface area (Å²) in [4.78, 5) is 34.7. The summed E-state index contributed by atoms with van der Waals surface area (Å²) in [6, 6.07) is 3.84. The number of methoxy groups -OCH3 is 1. The van der Waals surface area contributed by atoms with Crippen LogP contribution in [-0.4, -0.2) is 49.2 Å². The number of benzene rings is 1. The van der Waals surface area contributed by atoms with Crippen LogP contribution in [0.4, 0.5) is 0 Å². The first-order valence-corrected chi connectivity index (χ1v) is 7.66. The second-order valence-corrected chi connectivity index (χ2v) is 5.06. The Balaban J connectivity index is 2.46. The lowest BCUT2D eigenvalue weighted by atomic mass is 10.2. The van der Waals surface area contributed by atoms with Crippen molar-refractivity contribution in [2.45, 2.75) is 19.9 Å². The number of ether oxygens (including phenoxy) is 2. The average Bonchev–Trinajstić information content (AvgIpc) is 2.59. The van der Waals surface area contributed by atoms with Crippen molar-refractivity contribution in [2.24, 2.45) is 0 Å². The molecule has 0 heterocycles. The van der Waals surface area contributed by atoms with Crippen LogP contribution in [0.25, 0.3) is 6.08 Å². The summed E-state index contributed by atoms with van der Waals surface area (Å²) in [5.41, 5.74) is 0.612. The molecule has 0 radical (unpaired) electrons. The zero-order valence-electron chi connectivity index (χ0n) is 14.4. The Labute approximate surface area is 145 Å². The second kappa shape index (κ2) is 9.96. The molecule has 136 valence electrons. The molecule has 0 aromatic heterocycles. The summed E-state index contributed by atoms with van der Waals surface area (Å²) in [5, 5.41) is 14.5. The van der Waals surface area contributed by atoms with Crippen LogP contribution in [0.15, 0.2) is 24.3 Å². The highest BCUT2D eigenvalue weighted by molar-refractivity contribution is 5.91. The van der Waals surface area contributed by atoms with Gasteiger partial charge in [-0.2, -0.15) is 0 Å². The molecule has 8 nitrogen and oxygen atoms in total.